The van der Waals surface area contributed by atoms with Crippen LogP contribution in [-0.2, 0) is 11.3 Å². The van der Waals surface area contributed by atoms with Crippen molar-refractivity contribution in [2.24, 2.45) is 0 Å². The number of hydrogen-bond acceptors (Lipinski definition) is 4. The number of aromatic nitrogens is 2. The summed E-state index contributed by atoms with van der Waals surface area (Å²) in [7, 11) is 1.71. The number of ether oxygens (including phenoxy) is 1. The van der Waals surface area contributed by atoms with Gasteiger partial charge in [-0.25, -0.2) is 0 Å². The van der Waals surface area contributed by atoms with Gasteiger partial charge in [0.2, 0.25) is 0 Å². The minimum atomic E-state index is 0.391. The lowest BCUT2D eigenvalue weighted by Crippen LogP contribution is -2.32. The molecule has 4 nitrogen and oxygen atoms in total. The van der Waals surface area contributed by atoms with E-state index >= 15 is 0 Å². The summed E-state index contributed by atoms with van der Waals surface area (Å²) in [5, 5.41) is 3.36. The zero-order valence-electron chi connectivity index (χ0n) is 8.73. The second kappa shape index (κ2) is 6.45. The summed E-state index contributed by atoms with van der Waals surface area (Å²) < 4.78 is 5.08. The van der Waals surface area contributed by atoms with Crippen LogP contribution < -0.4 is 5.32 Å². The standard InChI is InChI=1S/C10H17N3O/c1-3-9(8-14-2)13-7-10-6-11-4-5-12-10/h4-6,9,13H,3,7-8H2,1-2H3. The first-order chi connectivity index (χ1) is 6.86. The van der Waals surface area contributed by atoms with E-state index in [1.807, 2.05) is 0 Å². The van der Waals surface area contributed by atoms with Gasteiger partial charge in [-0.1, -0.05) is 6.92 Å². The highest BCUT2D eigenvalue weighted by atomic mass is 16.5. The molecule has 1 unspecified atom stereocenters. The summed E-state index contributed by atoms with van der Waals surface area (Å²) in [6.07, 6.45) is 6.20. The van der Waals surface area contributed by atoms with Crippen molar-refractivity contribution in [2.75, 3.05) is 13.7 Å². The molecule has 1 aromatic rings. The molecule has 0 bridgehead atoms. The summed E-state index contributed by atoms with van der Waals surface area (Å²) >= 11 is 0. The number of nitrogens with one attached hydrogen (secondary N) is 1. The molecule has 0 amide bonds. The van der Waals surface area contributed by atoms with E-state index in [0.717, 1.165) is 25.3 Å². The maximum Gasteiger partial charge on any atom is 0.0724 e. The zero-order valence-corrected chi connectivity index (χ0v) is 8.73. The van der Waals surface area contributed by atoms with E-state index < -0.39 is 0 Å². The van der Waals surface area contributed by atoms with Gasteiger partial charge in [0.05, 0.1) is 12.3 Å². The SMILES string of the molecule is CCC(COC)NCc1cnccn1. The quantitative estimate of drug-likeness (QED) is 0.735. The fourth-order valence-corrected chi connectivity index (χ4v) is 1.19. The molecule has 0 spiro atoms. The maximum atomic E-state index is 5.08. The van der Waals surface area contributed by atoms with Crippen molar-refractivity contribution in [3.63, 3.8) is 0 Å². The molecule has 1 rings (SSSR count). The average molecular weight is 195 g/mol. The van der Waals surface area contributed by atoms with Gasteiger partial charge in [-0.2, -0.15) is 0 Å². The number of nitrogens with zero attached hydrogens (tertiary/aromatic N) is 2. The van der Waals surface area contributed by atoms with Crippen molar-refractivity contribution in [3.05, 3.63) is 24.3 Å². The van der Waals surface area contributed by atoms with Crippen molar-refractivity contribution in [1.82, 2.24) is 15.3 Å². The summed E-state index contributed by atoms with van der Waals surface area (Å²) in [4.78, 5) is 8.18. The number of rotatable bonds is 6. The zero-order chi connectivity index (χ0) is 10.2. The van der Waals surface area contributed by atoms with E-state index in [1.165, 1.54) is 0 Å². The van der Waals surface area contributed by atoms with Crippen LogP contribution in [0, 0.1) is 0 Å². The fraction of sp³-hybridized carbons (Fsp3) is 0.600. The van der Waals surface area contributed by atoms with Gasteiger partial charge in [0.25, 0.3) is 0 Å². The highest BCUT2D eigenvalue weighted by Gasteiger charge is 2.04. The molecule has 1 atom stereocenters. The van der Waals surface area contributed by atoms with Crippen molar-refractivity contribution in [3.8, 4) is 0 Å². The van der Waals surface area contributed by atoms with Gasteiger partial charge in [0.1, 0.15) is 0 Å². The van der Waals surface area contributed by atoms with Crippen molar-refractivity contribution in [1.29, 1.82) is 0 Å². The molecule has 1 aromatic heterocycles. The highest BCUT2D eigenvalue weighted by Crippen LogP contribution is 1.95. The van der Waals surface area contributed by atoms with Crippen LogP contribution in [0.1, 0.15) is 19.0 Å². The third-order valence-electron chi connectivity index (χ3n) is 2.05. The van der Waals surface area contributed by atoms with Crippen LogP contribution in [-0.4, -0.2) is 29.7 Å². The van der Waals surface area contributed by atoms with Crippen LogP contribution in [0.15, 0.2) is 18.6 Å². The van der Waals surface area contributed by atoms with Crippen LogP contribution in [0.3, 0.4) is 0 Å². The first kappa shape index (κ1) is 11.1. The molecular formula is C10H17N3O. The summed E-state index contributed by atoms with van der Waals surface area (Å²) in [6, 6.07) is 0.391. The fourth-order valence-electron chi connectivity index (χ4n) is 1.19. The number of methoxy groups -OCH3 is 1. The minimum Gasteiger partial charge on any atom is -0.383 e. The van der Waals surface area contributed by atoms with Crippen LogP contribution >= 0.6 is 0 Å². The van der Waals surface area contributed by atoms with E-state index in [4.69, 9.17) is 4.74 Å². The second-order valence-electron chi connectivity index (χ2n) is 3.14. The predicted octanol–water partition coefficient (Wildman–Crippen LogP) is 0.991. The molecule has 0 aliphatic carbocycles. The summed E-state index contributed by atoms with van der Waals surface area (Å²) in [6.45, 7) is 3.61. The van der Waals surface area contributed by atoms with Crippen molar-refractivity contribution in [2.45, 2.75) is 25.9 Å². The summed E-state index contributed by atoms with van der Waals surface area (Å²) in [5.74, 6) is 0. The first-order valence-corrected chi connectivity index (χ1v) is 4.84. The van der Waals surface area contributed by atoms with Crippen molar-refractivity contribution >= 4 is 0 Å². The van der Waals surface area contributed by atoms with E-state index in [-0.39, 0.29) is 0 Å². The largest absolute Gasteiger partial charge is 0.383 e. The Balaban J connectivity index is 2.32. The Hall–Kier alpha value is -1.00. The molecule has 0 aromatic carbocycles. The minimum absolute atomic E-state index is 0.391. The molecule has 4 heteroatoms. The third kappa shape index (κ3) is 3.81. The summed E-state index contributed by atoms with van der Waals surface area (Å²) in [5.41, 5.74) is 0.960. The van der Waals surface area contributed by atoms with Gasteiger partial charge in [0.15, 0.2) is 0 Å². The molecule has 78 valence electrons. The van der Waals surface area contributed by atoms with Gasteiger partial charge in [0, 0.05) is 38.3 Å². The van der Waals surface area contributed by atoms with Crippen LogP contribution in [0.5, 0.6) is 0 Å². The lowest BCUT2D eigenvalue weighted by atomic mass is 10.2. The molecule has 14 heavy (non-hydrogen) atoms. The van der Waals surface area contributed by atoms with E-state index in [2.05, 4.69) is 22.2 Å². The van der Waals surface area contributed by atoms with E-state index in [1.54, 1.807) is 25.7 Å². The lowest BCUT2D eigenvalue weighted by molar-refractivity contribution is 0.163. The maximum absolute atomic E-state index is 5.08. The van der Waals surface area contributed by atoms with Gasteiger partial charge in [-0.05, 0) is 6.42 Å². The number of hydrogen-bond donors (Lipinski definition) is 1. The molecular weight excluding hydrogens is 178 g/mol. The molecule has 0 aliphatic heterocycles. The Morgan fingerprint density at radius 3 is 2.93 bits per heavy atom. The van der Waals surface area contributed by atoms with E-state index in [0.29, 0.717) is 6.04 Å². The van der Waals surface area contributed by atoms with Crippen LogP contribution in [0.2, 0.25) is 0 Å². The van der Waals surface area contributed by atoms with Gasteiger partial charge in [-0.15, -0.1) is 0 Å². The average Bonchev–Trinajstić information content (AvgIpc) is 2.25. The molecule has 1 N–H and O–H groups in total. The molecule has 1 heterocycles. The second-order valence-corrected chi connectivity index (χ2v) is 3.14. The van der Waals surface area contributed by atoms with Gasteiger partial charge < -0.3 is 10.1 Å². The molecule has 0 aliphatic rings. The topological polar surface area (TPSA) is 47.0 Å². The van der Waals surface area contributed by atoms with Crippen molar-refractivity contribution < 1.29 is 4.74 Å². The normalized spacial score (nSPS) is 12.7. The smallest absolute Gasteiger partial charge is 0.0724 e. The molecule has 0 saturated carbocycles. The van der Waals surface area contributed by atoms with Crippen LogP contribution in [0.25, 0.3) is 0 Å². The Bertz CT molecular complexity index is 240. The third-order valence-corrected chi connectivity index (χ3v) is 2.05. The van der Waals surface area contributed by atoms with Gasteiger partial charge in [-0.3, -0.25) is 9.97 Å². The first-order valence-electron chi connectivity index (χ1n) is 4.84. The predicted molar refractivity (Wildman–Crippen MR) is 54.8 cm³/mol. The Morgan fingerprint density at radius 2 is 2.36 bits per heavy atom. The Labute approximate surface area is 84.7 Å². The molecule has 0 saturated heterocycles. The monoisotopic (exact) mass is 195 g/mol. The molecule has 0 radical (unpaired) electrons. The highest BCUT2D eigenvalue weighted by molar-refractivity contribution is 4.94. The van der Waals surface area contributed by atoms with E-state index in [9.17, 15) is 0 Å². The molecule has 0 fully saturated rings. The lowest BCUT2D eigenvalue weighted by Gasteiger charge is -2.14. The Morgan fingerprint density at radius 1 is 1.50 bits per heavy atom. The van der Waals surface area contributed by atoms with Gasteiger partial charge >= 0.3 is 0 Å². The Kier molecular flexibility index (Phi) is 5.11. The van der Waals surface area contributed by atoms with Crippen LogP contribution in [0.4, 0.5) is 0 Å².